The standard InChI is InChI=1S/C41H54N4O8S.C33H48N4O6S/c1-26-27(2)36(28(3)32-23-41(7,8)52-35(26)32)54(49,50)45-22-14-17-30-20-21-31(43-37(30)45)18-12-13-19-34(46)42-24-33(38(47)53-40(4,5)6)44-39(48)51-25-29-15-10-9-11-16-29;1-20-21(2)29(22(3)25-18-33(7,8)42-28(20)25)44(40,41)37-17-11-12-23-15-16-24(36-30(23)37)13-9-10-14-27(38)35-19-26(34)31(39)43-32(4,5)6/h9-11,15-16,20-21,33H,12-14,17-19,22-25H2,1-8H3,(H,42,46)(H,44,48);15-16,26H,9-14,17-19,34H2,1-8H3,(H,35,38)/t33-;26-/m00/s1. The van der Waals surface area contributed by atoms with Gasteiger partial charge in [0.05, 0.1) is 9.79 Å². The topological polar surface area (TPSA) is 294 Å². The lowest BCUT2D eigenvalue weighted by molar-refractivity contribution is -0.158. The fourth-order valence-corrected chi connectivity index (χ4v) is 16.9. The number of rotatable bonds is 23. The second-order valence-corrected chi connectivity index (χ2v) is 33.1. The Kier molecular flexibility index (Phi) is 23.8. The molecule has 3 aromatic carbocycles. The lowest BCUT2D eigenvalue weighted by atomic mass is 9.94. The monoisotopic (exact) mass is 1390 g/mol. The molecule has 0 bridgehead atoms. The Morgan fingerprint density at radius 3 is 1.45 bits per heavy atom. The van der Waals surface area contributed by atoms with E-state index in [0.717, 1.165) is 92.2 Å². The summed E-state index contributed by atoms with van der Waals surface area (Å²) >= 11 is 0. The minimum absolute atomic E-state index is 0.0118. The molecule has 24 heteroatoms. The highest BCUT2D eigenvalue weighted by atomic mass is 32.2. The lowest BCUT2D eigenvalue weighted by Gasteiger charge is -2.31. The molecule has 0 radical (unpaired) electrons. The molecule has 534 valence electrons. The highest BCUT2D eigenvalue weighted by Gasteiger charge is 2.42. The van der Waals surface area contributed by atoms with Crippen molar-refractivity contribution >= 4 is 61.5 Å². The summed E-state index contributed by atoms with van der Waals surface area (Å²) in [6.45, 7) is 30.4. The van der Waals surface area contributed by atoms with Crippen LogP contribution in [-0.2, 0) is 98.6 Å². The second kappa shape index (κ2) is 30.7. The van der Waals surface area contributed by atoms with Crippen molar-refractivity contribution in [2.45, 2.75) is 252 Å². The number of aryl methyl sites for hydroxylation is 4. The average Bonchev–Trinajstić information content (AvgIpc) is 1.42. The van der Waals surface area contributed by atoms with E-state index in [4.69, 9.17) is 39.4 Å². The number of hydrogen-bond acceptors (Lipinski definition) is 17. The maximum absolute atomic E-state index is 14.5. The molecule has 0 aliphatic carbocycles. The van der Waals surface area contributed by atoms with E-state index in [2.05, 4.69) is 16.0 Å². The van der Waals surface area contributed by atoms with Crippen LogP contribution in [0.2, 0.25) is 0 Å². The van der Waals surface area contributed by atoms with Crippen molar-refractivity contribution in [1.82, 2.24) is 25.9 Å². The summed E-state index contributed by atoms with van der Waals surface area (Å²) in [6.07, 6.45) is 7.49. The van der Waals surface area contributed by atoms with E-state index >= 15 is 0 Å². The van der Waals surface area contributed by atoms with E-state index < -0.39 is 67.0 Å². The number of ether oxygens (including phenoxy) is 5. The van der Waals surface area contributed by atoms with Gasteiger partial charge in [0.1, 0.15) is 64.2 Å². The van der Waals surface area contributed by atoms with Gasteiger partial charge < -0.3 is 45.4 Å². The number of anilines is 2. The van der Waals surface area contributed by atoms with E-state index in [9.17, 15) is 40.8 Å². The first-order chi connectivity index (χ1) is 45.8. The smallest absolute Gasteiger partial charge is 0.408 e. The fraction of sp³-hybridized carbons (Fsp3) is 0.554. The number of carbonyl (C=O) groups excluding carboxylic acids is 5. The van der Waals surface area contributed by atoms with Crippen molar-refractivity contribution in [1.29, 1.82) is 0 Å². The largest absolute Gasteiger partial charge is 0.487 e. The number of unbranched alkanes of at least 4 members (excludes halogenated alkanes) is 2. The predicted octanol–water partition coefficient (Wildman–Crippen LogP) is 10.7. The number of alkyl carbamates (subject to hydrolysis) is 1. The number of carbonyl (C=O) groups is 5. The number of hydrogen-bond donors (Lipinski definition) is 4. The fourth-order valence-electron chi connectivity index (χ4n) is 12.9. The molecule has 22 nitrogen and oxygen atoms in total. The minimum atomic E-state index is -3.93. The number of nitrogens with zero attached hydrogens (tertiary/aromatic N) is 4. The van der Waals surface area contributed by atoms with Gasteiger partial charge in [-0.05, 0) is 237 Å². The summed E-state index contributed by atoms with van der Waals surface area (Å²) < 4.78 is 89.0. The molecule has 98 heavy (non-hydrogen) atoms. The van der Waals surface area contributed by atoms with E-state index in [1.165, 1.54) is 8.61 Å². The molecule has 9 rings (SSSR count). The zero-order valence-corrected chi connectivity index (χ0v) is 61.8. The summed E-state index contributed by atoms with van der Waals surface area (Å²) in [6, 6.07) is 14.9. The Morgan fingerprint density at radius 2 is 1.01 bits per heavy atom. The van der Waals surface area contributed by atoms with Gasteiger partial charge in [0.25, 0.3) is 20.0 Å². The Balaban J connectivity index is 0.000000255. The zero-order chi connectivity index (χ0) is 72.0. The maximum Gasteiger partial charge on any atom is 0.408 e. The van der Waals surface area contributed by atoms with Crippen LogP contribution in [0.5, 0.6) is 11.5 Å². The highest BCUT2D eigenvalue weighted by molar-refractivity contribution is 7.93. The van der Waals surface area contributed by atoms with Gasteiger partial charge in [-0.25, -0.2) is 45.0 Å². The van der Waals surface area contributed by atoms with Crippen LogP contribution in [0.3, 0.4) is 0 Å². The first-order valence-corrected chi connectivity index (χ1v) is 37.0. The van der Waals surface area contributed by atoms with E-state index in [-0.39, 0.29) is 50.0 Å². The van der Waals surface area contributed by atoms with Crippen LogP contribution in [0.4, 0.5) is 16.4 Å². The normalized spacial score (nSPS) is 15.9. The highest BCUT2D eigenvalue weighted by Crippen LogP contribution is 2.47. The summed E-state index contributed by atoms with van der Waals surface area (Å²) in [4.78, 5) is 73.0. The quantitative estimate of drug-likeness (QED) is 0.0268. The summed E-state index contributed by atoms with van der Waals surface area (Å²) in [5.41, 5.74) is 14.3. The van der Waals surface area contributed by atoms with Crippen LogP contribution in [0.1, 0.15) is 193 Å². The number of aromatic nitrogens is 2. The van der Waals surface area contributed by atoms with Crippen LogP contribution in [0, 0.1) is 41.5 Å². The van der Waals surface area contributed by atoms with E-state index in [0.29, 0.717) is 103 Å². The molecule has 3 amide bonds. The lowest BCUT2D eigenvalue weighted by Crippen LogP contribution is -2.50. The molecule has 0 saturated heterocycles. The van der Waals surface area contributed by atoms with Gasteiger partial charge in [0, 0.05) is 74.4 Å². The average molecular weight is 1390 g/mol. The predicted molar refractivity (Wildman–Crippen MR) is 377 cm³/mol. The number of benzene rings is 3. The number of pyridine rings is 2. The number of sulfonamides is 2. The third-order valence-corrected chi connectivity index (χ3v) is 22.0. The van der Waals surface area contributed by atoms with Gasteiger partial charge in [0.15, 0.2) is 0 Å². The molecule has 0 saturated carbocycles. The molecule has 2 aromatic heterocycles. The molecule has 0 unspecified atom stereocenters. The molecule has 2 atom stereocenters. The molecular weight excluding hydrogens is 1290 g/mol. The minimum Gasteiger partial charge on any atom is -0.487 e. The molecule has 6 heterocycles. The van der Waals surface area contributed by atoms with Crippen LogP contribution in [-0.4, -0.2) is 117 Å². The van der Waals surface area contributed by atoms with Crippen LogP contribution < -0.4 is 39.8 Å². The first kappa shape index (κ1) is 75.9. The number of nitrogens with one attached hydrogen (secondary N) is 3. The Labute approximate surface area is 579 Å². The van der Waals surface area contributed by atoms with Gasteiger partial charge in [-0.3, -0.25) is 14.4 Å². The van der Waals surface area contributed by atoms with Crippen molar-refractivity contribution in [2.24, 2.45) is 5.73 Å². The van der Waals surface area contributed by atoms with Gasteiger partial charge >= 0.3 is 18.0 Å². The number of esters is 2. The third-order valence-electron chi connectivity index (χ3n) is 17.9. The molecule has 4 aliphatic heterocycles. The summed E-state index contributed by atoms with van der Waals surface area (Å²) in [5, 5.41) is 7.94. The third kappa shape index (κ3) is 18.7. The summed E-state index contributed by atoms with van der Waals surface area (Å²) in [7, 11) is -7.81. The Morgan fingerprint density at radius 1 is 0.582 bits per heavy atom. The van der Waals surface area contributed by atoms with Crippen molar-refractivity contribution in [2.75, 3.05) is 34.8 Å². The van der Waals surface area contributed by atoms with Crippen molar-refractivity contribution < 1.29 is 64.5 Å². The van der Waals surface area contributed by atoms with Crippen LogP contribution >= 0.6 is 0 Å². The van der Waals surface area contributed by atoms with Crippen LogP contribution in [0.15, 0.2) is 64.4 Å². The SMILES string of the molecule is Cc1c(C)c(S(=O)(=O)N2CCCc3ccc(CCCCC(=O)NC[C@H](N)C(=O)OC(C)(C)C)nc32)c(C)c2c1OC(C)(C)C2.Cc1c(C)c(S(=O)(=O)N2CCCc3ccc(CCCCC(=O)NC[C@H](NC(=O)OCc4ccccc4)C(=O)OC(C)(C)C)nc32)c(C)c2c1OC(C)(C)C2. The Hall–Kier alpha value is -7.83. The number of fused-ring (bicyclic) bond motifs is 4. The van der Waals surface area contributed by atoms with Gasteiger partial charge in [-0.2, -0.15) is 0 Å². The van der Waals surface area contributed by atoms with Gasteiger partial charge in [-0.1, -0.05) is 42.5 Å². The van der Waals surface area contributed by atoms with Crippen molar-refractivity contribution in [3.05, 3.63) is 127 Å². The molecule has 5 aromatic rings. The molecule has 5 N–H and O–H groups in total. The van der Waals surface area contributed by atoms with Crippen LogP contribution in [0.25, 0.3) is 0 Å². The van der Waals surface area contributed by atoms with E-state index in [1.54, 1.807) is 41.5 Å². The maximum atomic E-state index is 14.5. The Bertz CT molecular complexity index is 4050. The molecule has 0 spiro atoms. The summed E-state index contributed by atoms with van der Waals surface area (Å²) in [5.74, 6) is 0.838. The van der Waals surface area contributed by atoms with Gasteiger partial charge in [-0.15, -0.1) is 0 Å². The second-order valence-electron chi connectivity index (χ2n) is 29.5. The van der Waals surface area contributed by atoms with E-state index in [1.807, 2.05) is 124 Å². The van der Waals surface area contributed by atoms with Crippen molar-refractivity contribution in [3.8, 4) is 11.5 Å². The first-order valence-electron chi connectivity index (χ1n) is 34.2. The molecular formula is C74H102N8O14S2. The number of nitrogens with two attached hydrogens (primary N) is 1. The molecule has 0 fully saturated rings. The van der Waals surface area contributed by atoms with Gasteiger partial charge in [0.2, 0.25) is 11.8 Å². The zero-order valence-electron chi connectivity index (χ0n) is 60.2. The molecule has 4 aliphatic rings. The number of amides is 3. The van der Waals surface area contributed by atoms with Crippen molar-refractivity contribution in [3.63, 3.8) is 0 Å².